The third-order valence-corrected chi connectivity index (χ3v) is 4.95. The summed E-state index contributed by atoms with van der Waals surface area (Å²) in [6, 6.07) is 11.1. The lowest BCUT2D eigenvalue weighted by molar-refractivity contribution is 0.565. The number of benzene rings is 2. The number of sulfonamides is 1. The molecule has 0 aliphatic heterocycles. The highest BCUT2D eigenvalue weighted by molar-refractivity contribution is 7.88. The first-order valence-electron chi connectivity index (χ1n) is 7.08. The standard InChI is InChI=1S/C17H20FNO2S/c1-12-4-5-13(2)17(10-12)14(3)19-22(20,21)11-15-6-8-16(18)9-7-15/h4-10,14,19H,11H2,1-3H3/t14-/m0/s1. The predicted octanol–water partition coefficient (Wildman–Crippen LogP) is 3.62. The monoisotopic (exact) mass is 321 g/mol. The summed E-state index contributed by atoms with van der Waals surface area (Å²) in [7, 11) is -3.50. The number of hydrogen-bond acceptors (Lipinski definition) is 2. The summed E-state index contributed by atoms with van der Waals surface area (Å²) in [5.74, 6) is -0.541. The molecular weight excluding hydrogens is 301 g/mol. The Morgan fingerprint density at radius 3 is 2.36 bits per heavy atom. The zero-order valence-corrected chi connectivity index (χ0v) is 13.7. The van der Waals surface area contributed by atoms with Crippen LogP contribution in [0, 0.1) is 19.7 Å². The van der Waals surface area contributed by atoms with Gasteiger partial charge >= 0.3 is 0 Å². The molecule has 0 saturated carbocycles. The van der Waals surface area contributed by atoms with Gasteiger partial charge in [-0.3, -0.25) is 0 Å². The van der Waals surface area contributed by atoms with Gasteiger partial charge in [0.2, 0.25) is 10.0 Å². The fourth-order valence-electron chi connectivity index (χ4n) is 2.40. The zero-order valence-electron chi connectivity index (χ0n) is 12.9. The van der Waals surface area contributed by atoms with Crippen molar-refractivity contribution in [2.24, 2.45) is 0 Å². The molecule has 0 fully saturated rings. The summed E-state index contributed by atoms with van der Waals surface area (Å²) in [5.41, 5.74) is 3.65. The number of hydrogen-bond donors (Lipinski definition) is 1. The second kappa shape index (κ2) is 6.58. The van der Waals surface area contributed by atoms with Gasteiger partial charge in [0.15, 0.2) is 0 Å². The van der Waals surface area contributed by atoms with Crippen LogP contribution in [-0.2, 0) is 15.8 Å². The molecule has 0 aliphatic carbocycles. The van der Waals surface area contributed by atoms with Crippen molar-refractivity contribution < 1.29 is 12.8 Å². The van der Waals surface area contributed by atoms with Gasteiger partial charge in [0.05, 0.1) is 5.75 Å². The van der Waals surface area contributed by atoms with Crippen molar-refractivity contribution in [2.45, 2.75) is 32.6 Å². The average Bonchev–Trinajstić information content (AvgIpc) is 2.43. The Morgan fingerprint density at radius 2 is 1.73 bits per heavy atom. The number of halogens is 1. The highest BCUT2D eigenvalue weighted by Crippen LogP contribution is 2.20. The smallest absolute Gasteiger partial charge is 0.212 e. The molecule has 0 amide bonds. The van der Waals surface area contributed by atoms with Crippen LogP contribution < -0.4 is 4.72 Å². The summed E-state index contributed by atoms with van der Waals surface area (Å²) in [5, 5.41) is 0. The fourth-order valence-corrected chi connectivity index (χ4v) is 3.78. The van der Waals surface area contributed by atoms with Gasteiger partial charge in [-0.05, 0) is 49.6 Å². The Kier molecular flexibility index (Phi) is 4.98. The lowest BCUT2D eigenvalue weighted by Crippen LogP contribution is -2.28. The summed E-state index contributed by atoms with van der Waals surface area (Å²) in [6.45, 7) is 5.76. The van der Waals surface area contributed by atoms with Gasteiger partial charge in [0.25, 0.3) is 0 Å². The van der Waals surface area contributed by atoms with Crippen molar-refractivity contribution in [1.82, 2.24) is 4.72 Å². The quantitative estimate of drug-likeness (QED) is 0.914. The van der Waals surface area contributed by atoms with E-state index >= 15 is 0 Å². The summed E-state index contributed by atoms with van der Waals surface area (Å²) in [4.78, 5) is 0. The minimum Gasteiger partial charge on any atom is -0.212 e. The molecule has 0 bridgehead atoms. The van der Waals surface area contributed by atoms with Crippen molar-refractivity contribution >= 4 is 10.0 Å². The fraction of sp³-hybridized carbons (Fsp3) is 0.294. The van der Waals surface area contributed by atoms with E-state index in [2.05, 4.69) is 4.72 Å². The highest BCUT2D eigenvalue weighted by atomic mass is 32.2. The molecule has 0 unspecified atom stereocenters. The molecule has 5 heteroatoms. The van der Waals surface area contributed by atoms with E-state index in [0.717, 1.165) is 16.7 Å². The van der Waals surface area contributed by atoms with E-state index in [1.54, 1.807) is 0 Å². The van der Waals surface area contributed by atoms with Crippen molar-refractivity contribution in [3.8, 4) is 0 Å². The van der Waals surface area contributed by atoms with Gasteiger partial charge in [-0.25, -0.2) is 17.5 Å². The lowest BCUT2D eigenvalue weighted by Gasteiger charge is -2.17. The topological polar surface area (TPSA) is 46.2 Å². The van der Waals surface area contributed by atoms with Crippen LogP contribution in [0.3, 0.4) is 0 Å². The summed E-state index contributed by atoms with van der Waals surface area (Å²) in [6.07, 6.45) is 0. The van der Waals surface area contributed by atoms with Crippen LogP contribution in [0.1, 0.15) is 35.2 Å². The average molecular weight is 321 g/mol. The first-order chi connectivity index (χ1) is 10.3. The van der Waals surface area contributed by atoms with E-state index in [4.69, 9.17) is 0 Å². The number of rotatable bonds is 5. The van der Waals surface area contributed by atoms with E-state index in [9.17, 15) is 12.8 Å². The Morgan fingerprint density at radius 1 is 1.09 bits per heavy atom. The van der Waals surface area contributed by atoms with Crippen LogP contribution in [0.15, 0.2) is 42.5 Å². The van der Waals surface area contributed by atoms with Crippen LogP contribution in [0.4, 0.5) is 4.39 Å². The van der Waals surface area contributed by atoms with Gasteiger partial charge in [0, 0.05) is 6.04 Å². The van der Waals surface area contributed by atoms with E-state index in [-0.39, 0.29) is 17.6 Å². The molecule has 2 aromatic rings. The van der Waals surface area contributed by atoms with Gasteiger partial charge in [0.1, 0.15) is 5.82 Å². The van der Waals surface area contributed by atoms with Gasteiger partial charge in [-0.2, -0.15) is 0 Å². The van der Waals surface area contributed by atoms with E-state index in [0.29, 0.717) is 5.56 Å². The molecule has 0 heterocycles. The highest BCUT2D eigenvalue weighted by Gasteiger charge is 2.18. The molecule has 0 aliphatic rings. The van der Waals surface area contributed by atoms with Crippen molar-refractivity contribution in [2.75, 3.05) is 0 Å². The van der Waals surface area contributed by atoms with Gasteiger partial charge in [-0.15, -0.1) is 0 Å². The normalized spacial score (nSPS) is 13.1. The lowest BCUT2D eigenvalue weighted by atomic mass is 10.0. The van der Waals surface area contributed by atoms with Crippen LogP contribution in [0.5, 0.6) is 0 Å². The molecule has 22 heavy (non-hydrogen) atoms. The summed E-state index contributed by atoms with van der Waals surface area (Å²) >= 11 is 0. The van der Waals surface area contributed by atoms with E-state index in [1.165, 1.54) is 24.3 Å². The second-order valence-electron chi connectivity index (χ2n) is 5.59. The van der Waals surface area contributed by atoms with Crippen LogP contribution >= 0.6 is 0 Å². The molecule has 0 radical (unpaired) electrons. The molecule has 0 spiro atoms. The second-order valence-corrected chi connectivity index (χ2v) is 7.34. The first kappa shape index (κ1) is 16.6. The van der Waals surface area contributed by atoms with Crippen LogP contribution in [0.2, 0.25) is 0 Å². The van der Waals surface area contributed by atoms with Gasteiger partial charge < -0.3 is 0 Å². The Balaban J connectivity index is 2.14. The van der Waals surface area contributed by atoms with Crippen LogP contribution in [0.25, 0.3) is 0 Å². The molecule has 1 N–H and O–H groups in total. The molecular formula is C17H20FNO2S. The minimum atomic E-state index is -3.50. The molecule has 2 rings (SSSR count). The SMILES string of the molecule is Cc1ccc(C)c([C@H](C)NS(=O)(=O)Cc2ccc(F)cc2)c1. The molecule has 0 aromatic heterocycles. The van der Waals surface area contributed by atoms with Crippen molar-refractivity contribution in [3.05, 3.63) is 70.5 Å². The maximum atomic E-state index is 12.9. The summed E-state index contributed by atoms with van der Waals surface area (Å²) < 4.78 is 40.1. The molecule has 118 valence electrons. The molecule has 3 nitrogen and oxygen atoms in total. The number of aryl methyl sites for hydroxylation is 2. The maximum Gasteiger partial charge on any atom is 0.216 e. The Bertz CT molecular complexity index is 755. The minimum absolute atomic E-state index is 0.164. The zero-order chi connectivity index (χ0) is 16.3. The van der Waals surface area contributed by atoms with Crippen LogP contribution in [-0.4, -0.2) is 8.42 Å². The van der Waals surface area contributed by atoms with Crippen molar-refractivity contribution in [3.63, 3.8) is 0 Å². The Hall–Kier alpha value is -1.72. The van der Waals surface area contributed by atoms with E-state index in [1.807, 2.05) is 39.0 Å². The largest absolute Gasteiger partial charge is 0.216 e. The molecule has 1 atom stereocenters. The first-order valence-corrected chi connectivity index (χ1v) is 8.74. The van der Waals surface area contributed by atoms with E-state index < -0.39 is 10.0 Å². The Labute approximate surface area is 131 Å². The molecule has 2 aromatic carbocycles. The third kappa shape index (κ3) is 4.39. The van der Waals surface area contributed by atoms with Crippen molar-refractivity contribution in [1.29, 1.82) is 0 Å². The predicted molar refractivity (Wildman–Crippen MR) is 86.5 cm³/mol. The third-order valence-electron chi connectivity index (χ3n) is 3.53. The van der Waals surface area contributed by atoms with Gasteiger partial charge in [-0.1, -0.05) is 35.9 Å². The number of nitrogens with one attached hydrogen (secondary N) is 1. The molecule has 0 saturated heterocycles. The maximum absolute atomic E-state index is 12.9.